The molecule has 0 aliphatic rings. The summed E-state index contributed by atoms with van der Waals surface area (Å²) in [4.78, 5) is 8.27. The Morgan fingerprint density at radius 3 is 3.12 bits per heavy atom. The fraction of sp³-hybridized carbons (Fsp3) is 0.300. The van der Waals surface area contributed by atoms with Crippen molar-refractivity contribution in [3.63, 3.8) is 0 Å². The minimum absolute atomic E-state index is 0.488. The van der Waals surface area contributed by atoms with Crippen LogP contribution >= 0.6 is 0 Å². The van der Waals surface area contributed by atoms with Crippen LogP contribution in [0.5, 0.6) is 0 Å². The predicted octanol–water partition coefficient (Wildman–Crippen LogP) is 1.37. The van der Waals surface area contributed by atoms with Crippen LogP contribution in [0.3, 0.4) is 0 Å². The lowest BCUT2D eigenvalue weighted by Gasteiger charge is -1.98. The van der Waals surface area contributed by atoms with Gasteiger partial charge in [-0.05, 0) is 18.6 Å². The quantitative estimate of drug-likeness (QED) is 0.596. The van der Waals surface area contributed by atoms with Gasteiger partial charge in [0.05, 0.1) is 0 Å². The Kier molecular flexibility index (Phi) is 3.11. The number of hydrazine groups is 1. The topological polar surface area (TPSA) is 89.9 Å². The third-order valence-electron chi connectivity index (χ3n) is 2.10. The molecule has 2 aromatic heterocycles. The van der Waals surface area contributed by atoms with E-state index >= 15 is 0 Å². The third kappa shape index (κ3) is 2.17. The lowest BCUT2D eigenvalue weighted by molar-refractivity contribution is 0.422. The molecule has 0 aromatic carbocycles. The number of hydrogen-bond acceptors (Lipinski definition) is 6. The Morgan fingerprint density at radius 1 is 1.50 bits per heavy atom. The molecule has 16 heavy (non-hydrogen) atoms. The van der Waals surface area contributed by atoms with E-state index in [1.54, 1.807) is 18.3 Å². The summed E-state index contributed by atoms with van der Waals surface area (Å²) in [6, 6.07) is 3.55. The third-order valence-corrected chi connectivity index (χ3v) is 2.10. The van der Waals surface area contributed by atoms with Gasteiger partial charge in [-0.2, -0.15) is 4.98 Å². The molecular weight excluding hydrogens is 206 g/mol. The maximum atomic E-state index is 5.27. The molecule has 6 heteroatoms. The summed E-state index contributed by atoms with van der Waals surface area (Å²) in [5.74, 6) is 7.04. The summed E-state index contributed by atoms with van der Waals surface area (Å²) in [6.45, 7) is 2.07. The lowest BCUT2D eigenvalue weighted by atomic mass is 10.2. The van der Waals surface area contributed by atoms with Crippen LogP contribution in [0, 0.1) is 0 Å². The summed E-state index contributed by atoms with van der Waals surface area (Å²) in [6.07, 6.45) is 3.44. The number of aromatic nitrogens is 3. The maximum Gasteiger partial charge on any atom is 0.258 e. The van der Waals surface area contributed by atoms with Crippen molar-refractivity contribution in [1.29, 1.82) is 0 Å². The van der Waals surface area contributed by atoms with Crippen molar-refractivity contribution in [2.24, 2.45) is 5.84 Å². The van der Waals surface area contributed by atoms with E-state index in [0.29, 0.717) is 11.7 Å². The van der Waals surface area contributed by atoms with Gasteiger partial charge in [-0.15, -0.1) is 0 Å². The van der Waals surface area contributed by atoms with Gasteiger partial charge in [0.15, 0.2) is 5.82 Å². The van der Waals surface area contributed by atoms with Gasteiger partial charge in [0.2, 0.25) is 0 Å². The molecule has 0 saturated carbocycles. The Balaban J connectivity index is 2.27. The Labute approximate surface area is 92.8 Å². The maximum absolute atomic E-state index is 5.27. The first-order valence-electron chi connectivity index (χ1n) is 5.09. The van der Waals surface area contributed by atoms with Gasteiger partial charge in [-0.1, -0.05) is 12.1 Å². The molecule has 0 bridgehead atoms. The fourth-order valence-corrected chi connectivity index (χ4v) is 1.34. The van der Waals surface area contributed by atoms with E-state index < -0.39 is 0 Å². The van der Waals surface area contributed by atoms with Crippen LogP contribution < -0.4 is 11.3 Å². The molecular formula is C10H13N5O. The number of nitrogen functional groups attached to an aromatic ring is 1. The van der Waals surface area contributed by atoms with Gasteiger partial charge in [-0.3, -0.25) is 0 Å². The van der Waals surface area contributed by atoms with Crippen molar-refractivity contribution in [3.05, 3.63) is 24.2 Å². The lowest BCUT2D eigenvalue weighted by Crippen LogP contribution is -2.08. The van der Waals surface area contributed by atoms with E-state index in [0.717, 1.165) is 24.2 Å². The first-order valence-corrected chi connectivity index (χ1v) is 5.09. The Hall–Kier alpha value is -1.95. The molecule has 0 unspecified atom stereocenters. The van der Waals surface area contributed by atoms with E-state index in [2.05, 4.69) is 27.5 Å². The highest BCUT2D eigenvalue weighted by atomic mass is 16.5. The normalized spacial score (nSPS) is 10.4. The molecule has 2 heterocycles. The smallest absolute Gasteiger partial charge is 0.258 e. The molecule has 0 amide bonds. The molecule has 0 radical (unpaired) electrons. The van der Waals surface area contributed by atoms with Gasteiger partial charge in [0.1, 0.15) is 5.82 Å². The van der Waals surface area contributed by atoms with Crippen LogP contribution in [0.1, 0.15) is 19.2 Å². The predicted molar refractivity (Wildman–Crippen MR) is 59.3 cm³/mol. The molecule has 0 spiro atoms. The molecule has 0 atom stereocenters. The van der Waals surface area contributed by atoms with E-state index in [9.17, 15) is 0 Å². The minimum Gasteiger partial charge on any atom is -0.334 e. The average Bonchev–Trinajstić information content (AvgIpc) is 2.78. The highest BCUT2D eigenvalue weighted by Crippen LogP contribution is 2.18. The van der Waals surface area contributed by atoms with Crippen LogP contribution in [-0.2, 0) is 6.42 Å². The summed E-state index contributed by atoms with van der Waals surface area (Å²) in [7, 11) is 0. The molecule has 0 fully saturated rings. The number of nitrogens with one attached hydrogen (secondary N) is 1. The number of nitrogens with zero attached hydrogens (tertiary/aromatic N) is 3. The van der Waals surface area contributed by atoms with Crippen LogP contribution in [0.15, 0.2) is 22.9 Å². The van der Waals surface area contributed by atoms with Gasteiger partial charge in [0, 0.05) is 18.2 Å². The van der Waals surface area contributed by atoms with Crippen molar-refractivity contribution in [2.45, 2.75) is 19.8 Å². The molecule has 0 saturated heterocycles. The summed E-state index contributed by atoms with van der Waals surface area (Å²) < 4.78 is 5.15. The van der Waals surface area contributed by atoms with E-state index in [1.165, 1.54) is 0 Å². The Bertz CT molecular complexity index is 468. The Morgan fingerprint density at radius 2 is 2.38 bits per heavy atom. The van der Waals surface area contributed by atoms with Crippen LogP contribution in [0.25, 0.3) is 11.5 Å². The number of anilines is 1. The first kappa shape index (κ1) is 10.6. The summed E-state index contributed by atoms with van der Waals surface area (Å²) in [5, 5.41) is 3.88. The van der Waals surface area contributed by atoms with Crippen LogP contribution in [0.4, 0.5) is 5.82 Å². The van der Waals surface area contributed by atoms with Crippen molar-refractivity contribution >= 4 is 5.82 Å². The van der Waals surface area contributed by atoms with Crippen molar-refractivity contribution < 1.29 is 4.52 Å². The second-order valence-corrected chi connectivity index (χ2v) is 3.34. The van der Waals surface area contributed by atoms with Gasteiger partial charge in [-0.25, -0.2) is 10.8 Å². The summed E-state index contributed by atoms with van der Waals surface area (Å²) in [5.41, 5.74) is 3.27. The molecule has 0 aliphatic heterocycles. The van der Waals surface area contributed by atoms with E-state index in [-0.39, 0.29) is 0 Å². The average molecular weight is 219 g/mol. The van der Waals surface area contributed by atoms with Crippen molar-refractivity contribution in [1.82, 2.24) is 15.1 Å². The highest BCUT2D eigenvalue weighted by Gasteiger charge is 2.08. The fourth-order valence-electron chi connectivity index (χ4n) is 1.34. The zero-order valence-corrected chi connectivity index (χ0v) is 8.97. The molecule has 0 aliphatic carbocycles. The van der Waals surface area contributed by atoms with Gasteiger partial charge < -0.3 is 9.95 Å². The standard InChI is InChI=1S/C10H13N5O/c1-2-3-8-13-10(16-15-8)7-4-5-12-9(6-7)14-11/h4-6H,2-3,11H2,1H3,(H,12,14). The largest absolute Gasteiger partial charge is 0.334 e. The van der Waals surface area contributed by atoms with Crippen LogP contribution in [-0.4, -0.2) is 15.1 Å². The SMILES string of the molecule is CCCc1noc(-c2ccnc(NN)c2)n1. The molecule has 2 rings (SSSR count). The molecule has 2 aromatic rings. The molecule has 84 valence electrons. The number of aryl methyl sites for hydroxylation is 1. The van der Waals surface area contributed by atoms with Crippen molar-refractivity contribution in [2.75, 3.05) is 5.43 Å². The summed E-state index contributed by atoms with van der Waals surface area (Å²) >= 11 is 0. The first-order chi connectivity index (χ1) is 7.83. The minimum atomic E-state index is 0.488. The molecule has 6 nitrogen and oxygen atoms in total. The number of rotatable bonds is 4. The zero-order chi connectivity index (χ0) is 11.4. The zero-order valence-electron chi connectivity index (χ0n) is 8.97. The highest BCUT2D eigenvalue weighted by molar-refractivity contribution is 5.57. The van der Waals surface area contributed by atoms with Gasteiger partial charge >= 0.3 is 0 Å². The van der Waals surface area contributed by atoms with Gasteiger partial charge in [0.25, 0.3) is 5.89 Å². The monoisotopic (exact) mass is 219 g/mol. The van der Waals surface area contributed by atoms with Crippen LogP contribution in [0.2, 0.25) is 0 Å². The van der Waals surface area contributed by atoms with Crippen molar-refractivity contribution in [3.8, 4) is 11.5 Å². The second-order valence-electron chi connectivity index (χ2n) is 3.34. The number of nitrogens with two attached hydrogens (primary N) is 1. The number of hydrogen-bond donors (Lipinski definition) is 2. The number of pyridine rings is 1. The second kappa shape index (κ2) is 4.71. The van der Waals surface area contributed by atoms with E-state index in [4.69, 9.17) is 10.4 Å². The van der Waals surface area contributed by atoms with E-state index in [1.807, 2.05) is 0 Å². The molecule has 3 N–H and O–H groups in total.